The van der Waals surface area contributed by atoms with Gasteiger partial charge in [-0.2, -0.15) is 0 Å². The second-order valence-electron chi connectivity index (χ2n) is 6.56. The van der Waals surface area contributed by atoms with Crippen molar-refractivity contribution in [2.24, 2.45) is 0 Å². The van der Waals surface area contributed by atoms with Crippen molar-refractivity contribution in [1.82, 2.24) is 5.32 Å². The summed E-state index contributed by atoms with van der Waals surface area (Å²) in [4.78, 5) is 23.6. The zero-order chi connectivity index (χ0) is 18.8. The Morgan fingerprint density at radius 3 is 2.81 bits per heavy atom. The summed E-state index contributed by atoms with van der Waals surface area (Å²) in [6, 6.07) is 0. The number of fused-ring (bicyclic) bond motifs is 1. The molecule has 1 amide bonds. The second kappa shape index (κ2) is 7.37. The van der Waals surface area contributed by atoms with Crippen LogP contribution in [0.4, 0.5) is 0 Å². The summed E-state index contributed by atoms with van der Waals surface area (Å²) in [6.07, 6.45) is 3.19. The Balaban J connectivity index is 1.74. The number of cyclic esters (lactones) is 1. The van der Waals surface area contributed by atoms with Gasteiger partial charge in [-0.15, -0.1) is 0 Å². The lowest BCUT2D eigenvalue weighted by Gasteiger charge is -2.15. The first kappa shape index (κ1) is 18.3. The number of carbonyl (C=O) groups is 2. The molecule has 1 saturated heterocycles. The number of methoxy groups -OCH3 is 1. The Morgan fingerprint density at radius 1 is 1.42 bits per heavy atom. The molecule has 0 radical (unpaired) electrons. The lowest BCUT2D eigenvalue weighted by molar-refractivity contribution is -0.121. The van der Waals surface area contributed by atoms with Gasteiger partial charge in [0.15, 0.2) is 6.23 Å². The molecule has 0 bridgehead atoms. The largest absolute Gasteiger partial charge is 0.507 e. The Kier molecular flexibility index (Phi) is 5.18. The fourth-order valence-electron chi connectivity index (χ4n) is 3.10. The Bertz CT molecular complexity index is 779. The van der Waals surface area contributed by atoms with Crippen LogP contribution in [0.1, 0.15) is 46.8 Å². The minimum atomic E-state index is -0.510. The zero-order valence-electron chi connectivity index (χ0n) is 15.2. The third-order valence-corrected chi connectivity index (χ3v) is 4.70. The van der Waals surface area contributed by atoms with Gasteiger partial charge in [-0.1, -0.05) is 11.6 Å². The van der Waals surface area contributed by atoms with E-state index in [1.807, 2.05) is 19.9 Å². The molecule has 7 nitrogen and oxygen atoms in total. The Labute approximate surface area is 151 Å². The topological polar surface area (TPSA) is 97.4 Å². The summed E-state index contributed by atoms with van der Waals surface area (Å²) >= 11 is 0. The fourth-order valence-corrected chi connectivity index (χ4v) is 3.10. The quantitative estimate of drug-likeness (QED) is 0.439. The molecule has 1 aromatic rings. The third kappa shape index (κ3) is 3.67. The first-order valence-corrected chi connectivity index (χ1v) is 8.57. The highest BCUT2D eigenvalue weighted by molar-refractivity contribution is 5.98. The van der Waals surface area contributed by atoms with Crippen LogP contribution in [0.5, 0.6) is 11.5 Å². The molecule has 2 N–H and O–H groups in total. The monoisotopic (exact) mass is 361 g/mol. The molecule has 2 aliphatic rings. The van der Waals surface area contributed by atoms with Gasteiger partial charge in [0, 0.05) is 17.5 Å². The van der Waals surface area contributed by atoms with E-state index in [0.717, 1.165) is 11.1 Å². The van der Waals surface area contributed by atoms with Crippen LogP contribution in [0, 0.1) is 6.92 Å². The van der Waals surface area contributed by atoms with Crippen LogP contribution in [0.15, 0.2) is 11.6 Å². The molecular weight excluding hydrogens is 338 g/mol. The second-order valence-corrected chi connectivity index (χ2v) is 6.56. The van der Waals surface area contributed by atoms with Crippen LogP contribution >= 0.6 is 0 Å². The van der Waals surface area contributed by atoms with Gasteiger partial charge >= 0.3 is 5.97 Å². The number of esters is 1. The zero-order valence-corrected chi connectivity index (χ0v) is 15.2. The molecular formula is C19H23NO6. The van der Waals surface area contributed by atoms with E-state index in [1.54, 1.807) is 0 Å². The maximum absolute atomic E-state index is 11.9. The van der Waals surface area contributed by atoms with Gasteiger partial charge in [-0.05, 0) is 32.3 Å². The van der Waals surface area contributed by atoms with Gasteiger partial charge < -0.3 is 24.6 Å². The molecule has 1 atom stereocenters. The lowest BCUT2D eigenvalue weighted by Crippen LogP contribution is -2.25. The first-order chi connectivity index (χ1) is 12.4. The Morgan fingerprint density at radius 2 is 2.15 bits per heavy atom. The SMILES string of the molecule is COc1c(C)c2c(c(O)c1C/C=C(\C)CCC(=O)N[C@H]1CO1)C(=O)OC2. The van der Waals surface area contributed by atoms with Crippen molar-refractivity contribution < 1.29 is 28.9 Å². The standard InChI is InChI=1S/C19H23NO6/c1-10(5-7-14(21)20-15-9-25-15)4-6-12-17(22)16-13(8-26-19(16)23)11(2)18(12)24-3/h4,15,22H,5-9H2,1-3H3,(H,20,21)/b10-4+/t15-/m1/s1. The minimum Gasteiger partial charge on any atom is -0.507 e. The molecule has 26 heavy (non-hydrogen) atoms. The van der Waals surface area contributed by atoms with Gasteiger partial charge in [0.1, 0.15) is 23.7 Å². The molecule has 0 saturated carbocycles. The average Bonchev–Trinajstić information content (AvgIpc) is 3.33. The third-order valence-electron chi connectivity index (χ3n) is 4.70. The molecule has 0 spiro atoms. The number of benzene rings is 1. The normalized spacial score (nSPS) is 18.3. The van der Waals surface area contributed by atoms with E-state index in [4.69, 9.17) is 14.2 Å². The molecule has 3 rings (SSSR count). The van der Waals surface area contributed by atoms with Gasteiger partial charge in [0.25, 0.3) is 0 Å². The molecule has 0 aromatic heterocycles. The van der Waals surface area contributed by atoms with Crippen molar-refractivity contribution in [3.8, 4) is 11.5 Å². The number of epoxide rings is 1. The van der Waals surface area contributed by atoms with Gasteiger partial charge in [0.05, 0.1) is 13.7 Å². The molecule has 7 heteroatoms. The van der Waals surface area contributed by atoms with E-state index < -0.39 is 5.97 Å². The summed E-state index contributed by atoms with van der Waals surface area (Å²) in [7, 11) is 1.54. The van der Waals surface area contributed by atoms with Crippen LogP contribution in [0.3, 0.4) is 0 Å². The molecule has 1 aromatic carbocycles. The van der Waals surface area contributed by atoms with E-state index in [1.165, 1.54) is 7.11 Å². The highest BCUT2D eigenvalue weighted by atomic mass is 16.6. The van der Waals surface area contributed by atoms with Crippen molar-refractivity contribution in [3.63, 3.8) is 0 Å². The van der Waals surface area contributed by atoms with Crippen molar-refractivity contribution in [1.29, 1.82) is 0 Å². The van der Waals surface area contributed by atoms with Crippen LogP contribution < -0.4 is 10.1 Å². The van der Waals surface area contributed by atoms with Gasteiger partial charge in [-0.3, -0.25) is 4.79 Å². The lowest BCUT2D eigenvalue weighted by atomic mass is 9.94. The van der Waals surface area contributed by atoms with E-state index in [9.17, 15) is 14.7 Å². The summed E-state index contributed by atoms with van der Waals surface area (Å²) < 4.78 is 15.5. The van der Waals surface area contributed by atoms with Crippen LogP contribution in [-0.4, -0.2) is 36.9 Å². The van der Waals surface area contributed by atoms with Crippen molar-refractivity contribution in [2.45, 2.75) is 45.9 Å². The average molecular weight is 361 g/mol. The highest BCUT2D eigenvalue weighted by Crippen LogP contribution is 2.42. The number of rotatable bonds is 7. The smallest absolute Gasteiger partial charge is 0.342 e. The predicted molar refractivity (Wildman–Crippen MR) is 93.1 cm³/mol. The number of allylic oxidation sites excluding steroid dienone is 2. The summed E-state index contributed by atoms with van der Waals surface area (Å²) in [5.41, 5.74) is 3.27. The number of aromatic hydroxyl groups is 1. The van der Waals surface area contributed by atoms with Crippen molar-refractivity contribution in [3.05, 3.63) is 33.9 Å². The van der Waals surface area contributed by atoms with Gasteiger partial charge in [-0.25, -0.2) is 4.79 Å². The number of nitrogens with one attached hydrogen (secondary N) is 1. The van der Waals surface area contributed by atoms with E-state index in [0.29, 0.717) is 42.7 Å². The number of carbonyl (C=O) groups excluding carboxylic acids is 2. The number of phenols is 1. The summed E-state index contributed by atoms with van der Waals surface area (Å²) in [5, 5.41) is 13.3. The maximum atomic E-state index is 11.9. The molecule has 1 fully saturated rings. The molecule has 2 aliphatic heterocycles. The predicted octanol–water partition coefficient (Wildman–Crippen LogP) is 2.12. The van der Waals surface area contributed by atoms with Gasteiger partial charge in [0.2, 0.25) is 5.91 Å². The maximum Gasteiger partial charge on any atom is 0.342 e. The van der Waals surface area contributed by atoms with Crippen molar-refractivity contribution >= 4 is 11.9 Å². The molecule has 2 heterocycles. The molecule has 0 aliphatic carbocycles. The summed E-state index contributed by atoms with van der Waals surface area (Å²) in [5.74, 6) is -0.0779. The number of hydrogen-bond acceptors (Lipinski definition) is 6. The number of ether oxygens (including phenoxy) is 3. The Hall–Kier alpha value is -2.54. The van der Waals surface area contributed by atoms with E-state index in [-0.39, 0.29) is 30.1 Å². The number of amides is 1. The summed E-state index contributed by atoms with van der Waals surface area (Å²) in [6.45, 7) is 4.51. The van der Waals surface area contributed by atoms with Crippen LogP contribution in [0.25, 0.3) is 0 Å². The van der Waals surface area contributed by atoms with Crippen LogP contribution in [-0.2, 0) is 27.3 Å². The molecule has 140 valence electrons. The number of phenolic OH excluding ortho intramolecular Hbond substituents is 1. The van der Waals surface area contributed by atoms with Crippen molar-refractivity contribution in [2.75, 3.05) is 13.7 Å². The number of hydrogen-bond donors (Lipinski definition) is 2. The molecule has 0 unspecified atom stereocenters. The van der Waals surface area contributed by atoms with E-state index in [2.05, 4.69) is 5.32 Å². The highest BCUT2D eigenvalue weighted by Gasteiger charge is 2.31. The minimum absolute atomic E-state index is 0.0446. The fraction of sp³-hybridized carbons (Fsp3) is 0.474. The van der Waals surface area contributed by atoms with Crippen LogP contribution in [0.2, 0.25) is 0 Å². The first-order valence-electron chi connectivity index (χ1n) is 8.57. The van der Waals surface area contributed by atoms with E-state index >= 15 is 0 Å².